The Labute approximate surface area is 187 Å². The van der Waals surface area contributed by atoms with Gasteiger partial charge in [-0.15, -0.1) is 0 Å². The number of amides is 2. The molecule has 2 N–H and O–H groups in total. The van der Waals surface area contributed by atoms with Gasteiger partial charge in [-0.1, -0.05) is 42.5 Å². The first kappa shape index (κ1) is 21.1. The number of rotatable bonds is 6. The van der Waals surface area contributed by atoms with Gasteiger partial charge in [0.15, 0.2) is 0 Å². The minimum atomic E-state index is -0.320. The third kappa shape index (κ3) is 4.78. The van der Waals surface area contributed by atoms with Gasteiger partial charge in [-0.2, -0.15) is 0 Å². The molecule has 32 heavy (non-hydrogen) atoms. The van der Waals surface area contributed by atoms with Gasteiger partial charge in [0.25, 0.3) is 5.91 Å². The average Bonchev–Trinajstić information content (AvgIpc) is 2.84. The molecular weight excluding hydrogens is 400 g/mol. The lowest BCUT2D eigenvalue weighted by Crippen LogP contribution is -2.19. The van der Waals surface area contributed by atoms with Crippen LogP contribution in [0.25, 0.3) is 10.8 Å². The number of methoxy groups -OCH3 is 1. The molecule has 0 radical (unpaired) electrons. The van der Waals surface area contributed by atoms with E-state index in [1.165, 1.54) is 0 Å². The van der Waals surface area contributed by atoms with E-state index in [9.17, 15) is 9.59 Å². The molecule has 0 aliphatic carbocycles. The van der Waals surface area contributed by atoms with E-state index < -0.39 is 0 Å². The van der Waals surface area contributed by atoms with E-state index in [2.05, 4.69) is 10.6 Å². The maximum absolute atomic E-state index is 12.8. The largest absolute Gasteiger partial charge is 0.497 e. The van der Waals surface area contributed by atoms with Crippen LogP contribution in [0.3, 0.4) is 0 Å². The van der Waals surface area contributed by atoms with E-state index >= 15 is 0 Å². The lowest BCUT2D eigenvalue weighted by atomic mass is 9.97. The van der Waals surface area contributed by atoms with Crippen LogP contribution in [0.15, 0.2) is 91.0 Å². The molecule has 160 valence electrons. The summed E-state index contributed by atoms with van der Waals surface area (Å²) < 4.78 is 5.27. The molecule has 5 nitrogen and oxygen atoms in total. The molecule has 2 amide bonds. The monoisotopic (exact) mass is 424 g/mol. The number of anilines is 2. The summed E-state index contributed by atoms with van der Waals surface area (Å²) in [6, 6.07) is 28.0. The lowest BCUT2D eigenvalue weighted by molar-refractivity contribution is -0.117. The first-order valence-electron chi connectivity index (χ1n) is 10.4. The molecule has 0 spiro atoms. The van der Waals surface area contributed by atoms with Crippen LogP contribution in [0, 0.1) is 0 Å². The van der Waals surface area contributed by atoms with Crippen molar-refractivity contribution in [1.29, 1.82) is 0 Å². The molecule has 0 bridgehead atoms. The molecule has 0 aromatic heterocycles. The summed E-state index contributed by atoms with van der Waals surface area (Å²) in [5, 5.41) is 7.92. The Morgan fingerprint density at radius 1 is 0.750 bits per heavy atom. The summed E-state index contributed by atoms with van der Waals surface area (Å²) in [7, 11) is 1.64. The van der Waals surface area contributed by atoms with Crippen LogP contribution in [-0.4, -0.2) is 18.9 Å². The van der Waals surface area contributed by atoms with E-state index in [1.807, 2.05) is 61.5 Å². The van der Waals surface area contributed by atoms with E-state index in [1.54, 1.807) is 43.5 Å². The molecule has 0 aliphatic heterocycles. The summed E-state index contributed by atoms with van der Waals surface area (Å²) in [6.07, 6.45) is 0. The van der Waals surface area contributed by atoms with E-state index in [0.717, 1.165) is 22.1 Å². The van der Waals surface area contributed by atoms with Gasteiger partial charge in [0.1, 0.15) is 5.75 Å². The van der Waals surface area contributed by atoms with Gasteiger partial charge in [0.05, 0.1) is 13.0 Å². The highest BCUT2D eigenvalue weighted by Gasteiger charge is 2.16. The van der Waals surface area contributed by atoms with Gasteiger partial charge in [-0.25, -0.2) is 0 Å². The van der Waals surface area contributed by atoms with Crippen LogP contribution in [-0.2, 0) is 4.79 Å². The molecule has 4 aromatic rings. The fourth-order valence-corrected chi connectivity index (χ4v) is 3.47. The van der Waals surface area contributed by atoms with Gasteiger partial charge in [-0.05, 0) is 71.8 Å². The Hall–Kier alpha value is -4.12. The molecule has 0 saturated carbocycles. The number of hydrogen-bond acceptors (Lipinski definition) is 3. The Balaban J connectivity index is 1.41. The number of carbonyl (C=O) groups is 2. The van der Waals surface area contributed by atoms with E-state index in [4.69, 9.17) is 4.74 Å². The molecule has 0 unspecified atom stereocenters. The van der Waals surface area contributed by atoms with Gasteiger partial charge in [-0.3, -0.25) is 9.59 Å². The maximum Gasteiger partial charge on any atom is 0.255 e. The topological polar surface area (TPSA) is 67.4 Å². The zero-order valence-electron chi connectivity index (χ0n) is 18.0. The fraction of sp³-hybridized carbons (Fsp3) is 0.111. The third-order valence-electron chi connectivity index (χ3n) is 5.41. The number of fused-ring (bicyclic) bond motifs is 1. The van der Waals surface area contributed by atoms with Crippen LogP contribution >= 0.6 is 0 Å². The van der Waals surface area contributed by atoms with Crippen molar-refractivity contribution in [3.05, 3.63) is 102 Å². The minimum Gasteiger partial charge on any atom is -0.497 e. The normalized spacial score (nSPS) is 11.6. The molecular formula is C27H24N2O3. The fourth-order valence-electron chi connectivity index (χ4n) is 3.47. The molecule has 0 fully saturated rings. The standard InChI is InChI=1S/C27H24N2O3/c1-18(20-8-9-22-17-25(32-2)15-10-21(22)16-20)26(30)28-23-11-13-24(14-12-23)29-27(31)19-6-4-3-5-7-19/h3-18H,1-2H3,(H,28,30)(H,29,31)/t18-/m0/s1. The molecule has 4 rings (SSSR count). The van der Waals surface area contributed by atoms with Crippen molar-refractivity contribution < 1.29 is 14.3 Å². The van der Waals surface area contributed by atoms with Crippen LogP contribution in [0.1, 0.15) is 28.8 Å². The van der Waals surface area contributed by atoms with Crippen molar-refractivity contribution in [2.45, 2.75) is 12.8 Å². The smallest absolute Gasteiger partial charge is 0.255 e. The molecule has 4 aromatic carbocycles. The highest BCUT2D eigenvalue weighted by atomic mass is 16.5. The number of carbonyl (C=O) groups excluding carboxylic acids is 2. The number of hydrogen-bond donors (Lipinski definition) is 2. The third-order valence-corrected chi connectivity index (χ3v) is 5.41. The predicted molar refractivity (Wildman–Crippen MR) is 128 cm³/mol. The van der Waals surface area contributed by atoms with Crippen molar-refractivity contribution >= 4 is 34.0 Å². The van der Waals surface area contributed by atoms with E-state index in [0.29, 0.717) is 16.9 Å². The SMILES string of the molecule is COc1ccc2cc([C@H](C)C(=O)Nc3ccc(NC(=O)c4ccccc4)cc3)ccc2c1. The summed E-state index contributed by atoms with van der Waals surface area (Å²) >= 11 is 0. The van der Waals surface area contributed by atoms with Gasteiger partial charge < -0.3 is 15.4 Å². The van der Waals surface area contributed by atoms with Crippen molar-refractivity contribution in [2.75, 3.05) is 17.7 Å². The molecule has 1 atom stereocenters. The van der Waals surface area contributed by atoms with Gasteiger partial charge >= 0.3 is 0 Å². The van der Waals surface area contributed by atoms with Gasteiger partial charge in [0.2, 0.25) is 5.91 Å². The maximum atomic E-state index is 12.8. The van der Waals surface area contributed by atoms with Crippen molar-refractivity contribution in [3.63, 3.8) is 0 Å². The number of nitrogens with one attached hydrogen (secondary N) is 2. The zero-order chi connectivity index (χ0) is 22.5. The summed E-state index contributed by atoms with van der Waals surface area (Å²) in [6.45, 7) is 1.88. The lowest BCUT2D eigenvalue weighted by Gasteiger charge is -2.14. The van der Waals surface area contributed by atoms with Crippen LogP contribution < -0.4 is 15.4 Å². The van der Waals surface area contributed by atoms with E-state index in [-0.39, 0.29) is 17.7 Å². The first-order valence-corrected chi connectivity index (χ1v) is 10.4. The van der Waals surface area contributed by atoms with Crippen molar-refractivity contribution in [2.24, 2.45) is 0 Å². The molecule has 0 saturated heterocycles. The average molecular weight is 425 g/mol. The van der Waals surface area contributed by atoms with Crippen LogP contribution in [0.2, 0.25) is 0 Å². The Morgan fingerprint density at radius 3 is 2.06 bits per heavy atom. The molecule has 0 aliphatic rings. The zero-order valence-corrected chi connectivity index (χ0v) is 18.0. The number of ether oxygens (including phenoxy) is 1. The Morgan fingerprint density at radius 2 is 1.38 bits per heavy atom. The Bertz CT molecular complexity index is 1250. The highest BCUT2D eigenvalue weighted by Crippen LogP contribution is 2.26. The van der Waals surface area contributed by atoms with Crippen LogP contribution in [0.4, 0.5) is 11.4 Å². The van der Waals surface area contributed by atoms with Gasteiger partial charge in [0, 0.05) is 16.9 Å². The summed E-state index contributed by atoms with van der Waals surface area (Å²) in [5.41, 5.74) is 2.86. The second kappa shape index (κ2) is 9.35. The van der Waals surface area contributed by atoms with Crippen LogP contribution in [0.5, 0.6) is 5.75 Å². The second-order valence-corrected chi connectivity index (χ2v) is 7.58. The molecule has 5 heteroatoms. The first-order chi connectivity index (χ1) is 15.5. The molecule has 0 heterocycles. The quantitative estimate of drug-likeness (QED) is 0.408. The minimum absolute atomic E-state index is 0.0982. The highest BCUT2D eigenvalue weighted by molar-refractivity contribution is 6.04. The predicted octanol–water partition coefficient (Wildman–Crippen LogP) is 5.84. The summed E-state index contributed by atoms with van der Waals surface area (Å²) in [5.74, 6) is 0.210. The summed E-state index contributed by atoms with van der Waals surface area (Å²) in [4.78, 5) is 25.1. The Kier molecular flexibility index (Phi) is 6.17. The second-order valence-electron chi connectivity index (χ2n) is 7.58. The van der Waals surface area contributed by atoms with Crippen molar-refractivity contribution in [1.82, 2.24) is 0 Å². The number of benzene rings is 4. The van der Waals surface area contributed by atoms with Crippen molar-refractivity contribution in [3.8, 4) is 5.75 Å².